The molecule has 2 unspecified atom stereocenters. The maximum atomic E-state index is 11.5. The molecule has 0 aliphatic carbocycles. The average Bonchev–Trinajstić information content (AvgIpc) is 2.33. The molecule has 2 atom stereocenters. The van der Waals surface area contributed by atoms with Crippen LogP contribution < -0.4 is 5.32 Å². The minimum absolute atomic E-state index is 0.0616. The molecule has 1 N–H and O–H groups in total. The van der Waals surface area contributed by atoms with Crippen LogP contribution in [0, 0.1) is 0 Å². The maximum Gasteiger partial charge on any atom is 0.240 e. The average molecular weight is 170 g/mol. The molecule has 12 heavy (non-hydrogen) atoms. The second-order valence-electron chi connectivity index (χ2n) is 3.38. The molecule has 0 bridgehead atoms. The van der Waals surface area contributed by atoms with Crippen molar-refractivity contribution in [1.82, 2.24) is 10.2 Å². The lowest BCUT2D eigenvalue weighted by molar-refractivity contribution is -0.128. The molecule has 1 aliphatic heterocycles. The molecule has 1 fully saturated rings. The van der Waals surface area contributed by atoms with E-state index in [1.807, 2.05) is 18.9 Å². The fourth-order valence-corrected chi connectivity index (χ4v) is 1.66. The second-order valence-corrected chi connectivity index (χ2v) is 3.38. The molecule has 1 heterocycles. The Labute approximate surface area is 74.1 Å². The SMILES string of the molecule is CCCC1NC(CC)C(=O)N1C. The van der Waals surface area contributed by atoms with Crippen molar-refractivity contribution in [2.75, 3.05) is 7.05 Å². The Kier molecular flexibility index (Phi) is 3.09. The summed E-state index contributed by atoms with van der Waals surface area (Å²) in [7, 11) is 1.88. The summed E-state index contributed by atoms with van der Waals surface area (Å²) < 4.78 is 0. The van der Waals surface area contributed by atoms with Crippen LogP contribution in [0.5, 0.6) is 0 Å². The highest BCUT2D eigenvalue weighted by Crippen LogP contribution is 2.14. The summed E-state index contributed by atoms with van der Waals surface area (Å²) in [5, 5.41) is 3.32. The second kappa shape index (κ2) is 3.90. The number of rotatable bonds is 3. The van der Waals surface area contributed by atoms with Gasteiger partial charge in [-0.15, -0.1) is 0 Å². The van der Waals surface area contributed by atoms with E-state index >= 15 is 0 Å². The van der Waals surface area contributed by atoms with Crippen LogP contribution in [0.25, 0.3) is 0 Å². The van der Waals surface area contributed by atoms with Crippen molar-refractivity contribution >= 4 is 5.91 Å². The first-order valence-electron chi connectivity index (χ1n) is 4.73. The van der Waals surface area contributed by atoms with Gasteiger partial charge in [-0.05, 0) is 12.8 Å². The molecule has 70 valence electrons. The van der Waals surface area contributed by atoms with E-state index < -0.39 is 0 Å². The van der Waals surface area contributed by atoms with Crippen LogP contribution in [-0.2, 0) is 4.79 Å². The van der Waals surface area contributed by atoms with Crippen LogP contribution in [0.2, 0.25) is 0 Å². The zero-order valence-electron chi connectivity index (χ0n) is 8.13. The number of hydrogen-bond donors (Lipinski definition) is 1. The molecule has 3 nitrogen and oxygen atoms in total. The normalized spacial score (nSPS) is 29.9. The third-order valence-electron chi connectivity index (χ3n) is 2.48. The standard InChI is InChI=1S/C9H18N2O/c1-4-6-8-10-7(5-2)9(12)11(8)3/h7-8,10H,4-6H2,1-3H3. The highest BCUT2D eigenvalue weighted by molar-refractivity contribution is 5.83. The largest absolute Gasteiger partial charge is 0.329 e. The number of likely N-dealkylation sites (N-methyl/N-ethyl adjacent to an activating group) is 1. The van der Waals surface area contributed by atoms with Crippen LogP contribution in [0.1, 0.15) is 33.1 Å². The zero-order valence-corrected chi connectivity index (χ0v) is 8.13. The fraction of sp³-hybridized carbons (Fsp3) is 0.889. The van der Waals surface area contributed by atoms with Gasteiger partial charge < -0.3 is 4.90 Å². The van der Waals surface area contributed by atoms with Gasteiger partial charge in [-0.2, -0.15) is 0 Å². The van der Waals surface area contributed by atoms with Crippen molar-refractivity contribution in [2.24, 2.45) is 0 Å². The van der Waals surface area contributed by atoms with Crippen molar-refractivity contribution in [2.45, 2.75) is 45.3 Å². The molecule has 0 aromatic rings. The van der Waals surface area contributed by atoms with Gasteiger partial charge in [-0.3, -0.25) is 10.1 Å². The highest BCUT2D eigenvalue weighted by atomic mass is 16.2. The third-order valence-corrected chi connectivity index (χ3v) is 2.48. The van der Waals surface area contributed by atoms with Gasteiger partial charge in [0.15, 0.2) is 0 Å². The van der Waals surface area contributed by atoms with Crippen molar-refractivity contribution < 1.29 is 4.79 Å². The minimum atomic E-state index is 0.0616. The molecule has 0 saturated carbocycles. The summed E-state index contributed by atoms with van der Waals surface area (Å²) >= 11 is 0. The maximum absolute atomic E-state index is 11.5. The Morgan fingerprint density at radius 3 is 2.58 bits per heavy atom. The predicted octanol–water partition coefficient (Wildman–Crippen LogP) is 0.953. The molecule has 1 amide bonds. The molecule has 0 spiro atoms. The van der Waals surface area contributed by atoms with E-state index in [4.69, 9.17) is 0 Å². The quantitative estimate of drug-likeness (QED) is 0.684. The molecular formula is C9H18N2O. The Hall–Kier alpha value is -0.570. The van der Waals surface area contributed by atoms with Crippen molar-refractivity contribution in [1.29, 1.82) is 0 Å². The van der Waals surface area contributed by atoms with E-state index in [1.165, 1.54) is 0 Å². The summed E-state index contributed by atoms with van der Waals surface area (Å²) in [6.45, 7) is 4.18. The van der Waals surface area contributed by atoms with Crippen LogP contribution >= 0.6 is 0 Å². The summed E-state index contributed by atoms with van der Waals surface area (Å²) in [5.41, 5.74) is 0. The van der Waals surface area contributed by atoms with Crippen LogP contribution in [0.15, 0.2) is 0 Å². The van der Waals surface area contributed by atoms with Gasteiger partial charge >= 0.3 is 0 Å². The molecule has 0 aromatic heterocycles. The van der Waals surface area contributed by atoms with Gasteiger partial charge in [-0.1, -0.05) is 20.3 Å². The van der Waals surface area contributed by atoms with Crippen LogP contribution in [-0.4, -0.2) is 30.1 Å². The van der Waals surface area contributed by atoms with E-state index in [1.54, 1.807) is 0 Å². The fourth-order valence-electron chi connectivity index (χ4n) is 1.66. The van der Waals surface area contributed by atoms with Crippen molar-refractivity contribution in [3.63, 3.8) is 0 Å². The Morgan fingerprint density at radius 1 is 1.50 bits per heavy atom. The Balaban J connectivity index is 2.54. The van der Waals surface area contributed by atoms with Gasteiger partial charge in [0.2, 0.25) is 5.91 Å². The lowest BCUT2D eigenvalue weighted by atomic mass is 10.2. The van der Waals surface area contributed by atoms with E-state index in [2.05, 4.69) is 12.2 Å². The zero-order chi connectivity index (χ0) is 9.14. The van der Waals surface area contributed by atoms with E-state index in [9.17, 15) is 4.79 Å². The molecule has 1 rings (SSSR count). The molecule has 0 radical (unpaired) electrons. The number of nitrogens with zero attached hydrogens (tertiary/aromatic N) is 1. The van der Waals surface area contributed by atoms with Gasteiger partial charge in [0.25, 0.3) is 0 Å². The first-order chi connectivity index (χ1) is 5.70. The summed E-state index contributed by atoms with van der Waals surface area (Å²) in [4.78, 5) is 13.3. The Bertz CT molecular complexity index is 170. The first-order valence-corrected chi connectivity index (χ1v) is 4.73. The first kappa shape index (κ1) is 9.52. The minimum Gasteiger partial charge on any atom is -0.329 e. The molecule has 3 heteroatoms. The monoisotopic (exact) mass is 170 g/mol. The smallest absolute Gasteiger partial charge is 0.240 e. The van der Waals surface area contributed by atoms with Crippen LogP contribution in [0.3, 0.4) is 0 Å². The predicted molar refractivity (Wildman–Crippen MR) is 48.7 cm³/mol. The van der Waals surface area contributed by atoms with Crippen LogP contribution in [0.4, 0.5) is 0 Å². The number of carbonyl (C=O) groups is 1. The van der Waals surface area contributed by atoms with E-state index in [-0.39, 0.29) is 18.1 Å². The van der Waals surface area contributed by atoms with Crippen molar-refractivity contribution in [3.8, 4) is 0 Å². The van der Waals surface area contributed by atoms with Crippen molar-refractivity contribution in [3.05, 3.63) is 0 Å². The van der Waals surface area contributed by atoms with Gasteiger partial charge in [0.1, 0.15) is 0 Å². The molecule has 1 saturated heterocycles. The van der Waals surface area contributed by atoms with Gasteiger partial charge in [0.05, 0.1) is 12.2 Å². The highest BCUT2D eigenvalue weighted by Gasteiger charge is 2.34. The Morgan fingerprint density at radius 2 is 2.17 bits per heavy atom. The number of amides is 1. The lowest BCUT2D eigenvalue weighted by Gasteiger charge is -2.17. The summed E-state index contributed by atoms with van der Waals surface area (Å²) in [5.74, 6) is 0.246. The summed E-state index contributed by atoms with van der Waals surface area (Å²) in [6, 6.07) is 0.0616. The summed E-state index contributed by atoms with van der Waals surface area (Å²) in [6.07, 6.45) is 3.33. The molecular weight excluding hydrogens is 152 g/mol. The van der Waals surface area contributed by atoms with E-state index in [0.717, 1.165) is 19.3 Å². The number of nitrogens with one attached hydrogen (secondary N) is 1. The number of hydrogen-bond acceptors (Lipinski definition) is 2. The topological polar surface area (TPSA) is 32.3 Å². The molecule has 1 aliphatic rings. The lowest BCUT2D eigenvalue weighted by Crippen LogP contribution is -2.34. The number of carbonyl (C=O) groups excluding carboxylic acids is 1. The van der Waals surface area contributed by atoms with Gasteiger partial charge in [-0.25, -0.2) is 0 Å². The van der Waals surface area contributed by atoms with E-state index in [0.29, 0.717) is 0 Å². The molecule has 0 aromatic carbocycles. The third kappa shape index (κ3) is 1.61. The van der Waals surface area contributed by atoms with Gasteiger partial charge in [0, 0.05) is 7.05 Å².